The maximum atomic E-state index is 12.2. The maximum absolute atomic E-state index is 12.2. The molecule has 144 valence electrons. The minimum atomic E-state index is -0.232. The second-order valence-corrected chi connectivity index (χ2v) is 6.75. The highest BCUT2D eigenvalue weighted by molar-refractivity contribution is 6.33. The maximum Gasteiger partial charge on any atom is 0.238 e. The summed E-state index contributed by atoms with van der Waals surface area (Å²) in [6.07, 6.45) is 0.232. The van der Waals surface area contributed by atoms with Crippen molar-refractivity contribution < 1.29 is 14.3 Å². The van der Waals surface area contributed by atoms with Gasteiger partial charge in [-0.2, -0.15) is 0 Å². The van der Waals surface area contributed by atoms with Gasteiger partial charge in [-0.25, -0.2) is 0 Å². The van der Waals surface area contributed by atoms with Crippen molar-refractivity contribution in [1.82, 2.24) is 4.90 Å². The molecule has 0 unspecified atom stereocenters. The van der Waals surface area contributed by atoms with Gasteiger partial charge in [-0.3, -0.25) is 14.5 Å². The molecule has 0 heterocycles. The van der Waals surface area contributed by atoms with E-state index in [2.05, 4.69) is 10.6 Å². The predicted octanol–water partition coefficient (Wildman–Crippen LogP) is 3.90. The molecule has 6 nitrogen and oxygen atoms in total. The van der Waals surface area contributed by atoms with E-state index in [1.165, 1.54) is 7.11 Å². The van der Waals surface area contributed by atoms with E-state index in [0.29, 0.717) is 33.7 Å². The molecule has 2 aromatic rings. The lowest BCUT2D eigenvalue weighted by Gasteiger charge is -2.17. The summed E-state index contributed by atoms with van der Waals surface area (Å²) in [6, 6.07) is 12.0. The van der Waals surface area contributed by atoms with Crippen LogP contribution in [0.1, 0.15) is 6.42 Å². The molecule has 0 aliphatic carbocycles. The summed E-state index contributed by atoms with van der Waals surface area (Å²) < 4.78 is 5.20. The van der Waals surface area contributed by atoms with Crippen molar-refractivity contribution in [1.29, 1.82) is 0 Å². The molecular weight excluding hydrogens is 389 g/mol. The minimum absolute atomic E-state index is 0.120. The smallest absolute Gasteiger partial charge is 0.238 e. The number of carbonyl (C=O) groups is 2. The van der Waals surface area contributed by atoms with Crippen LogP contribution in [-0.4, -0.2) is 44.0 Å². The number of likely N-dealkylation sites (N-methyl/N-ethyl adjacent to an activating group) is 1. The van der Waals surface area contributed by atoms with E-state index in [-0.39, 0.29) is 24.8 Å². The molecule has 0 spiro atoms. The van der Waals surface area contributed by atoms with Crippen molar-refractivity contribution in [3.63, 3.8) is 0 Å². The summed E-state index contributed by atoms with van der Waals surface area (Å²) in [5.74, 6) is 0.117. The summed E-state index contributed by atoms with van der Waals surface area (Å²) in [5, 5.41) is 6.49. The Morgan fingerprint density at radius 1 is 1.04 bits per heavy atom. The number of anilines is 2. The second kappa shape index (κ2) is 10.2. The van der Waals surface area contributed by atoms with E-state index in [1.807, 2.05) is 0 Å². The first kappa shape index (κ1) is 21.0. The van der Waals surface area contributed by atoms with Crippen LogP contribution in [0.4, 0.5) is 11.4 Å². The molecule has 2 N–H and O–H groups in total. The fourth-order valence-corrected chi connectivity index (χ4v) is 2.71. The van der Waals surface area contributed by atoms with Gasteiger partial charge in [0.15, 0.2) is 0 Å². The first-order valence-electron chi connectivity index (χ1n) is 8.25. The number of hydrogen-bond donors (Lipinski definition) is 2. The van der Waals surface area contributed by atoms with Crippen LogP contribution in [-0.2, 0) is 9.59 Å². The number of ether oxygens (including phenoxy) is 1. The van der Waals surface area contributed by atoms with Gasteiger partial charge in [-0.05, 0) is 37.4 Å². The lowest BCUT2D eigenvalue weighted by molar-refractivity contribution is -0.119. The third kappa shape index (κ3) is 6.75. The Balaban J connectivity index is 1.80. The Labute approximate surface area is 168 Å². The van der Waals surface area contributed by atoms with Gasteiger partial charge < -0.3 is 15.4 Å². The molecule has 0 saturated carbocycles. The van der Waals surface area contributed by atoms with E-state index < -0.39 is 0 Å². The Morgan fingerprint density at radius 2 is 1.74 bits per heavy atom. The Kier molecular flexibility index (Phi) is 7.91. The monoisotopic (exact) mass is 409 g/mol. The predicted molar refractivity (Wildman–Crippen MR) is 109 cm³/mol. The number of carbonyl (C=O) groups excluding carboxylic acids is 2. The van der Waals surface area contributed by atoms with Crippen LogP contribution in [0.25, 0.3) is 0 Å². The van der Waals surface area contributed by atoms with Crippen LogP contribution in [0, 0.1) is 0 Å². The Hall–Kier alpha value is -2.28. The normalized spacial score (nSPS) is 10.6. The molecule has 2 rings (SSSR count). The molecule has 0 bridgehead atoms. The van der Waals surface area contributed by atoms with Gasteiger partial charge in [0.1, 0.15) is 5.75 Å². The van der Waals surface area contributed by atoms with E-state index in [1.54, 1.807) is 54.4 Å². The van der Waals surface area contributed by atoms with E-state index in [0.717, 1.165) is 0 Å². The van der Waals surface area contributed by atoms with Gasteiger partial charge in [-0.15, -0.1) is 0 Å². The van der Waals surface area contributed by atoms with E-state index >= 15 is 0 Å². The summed E-state index contributed by atoms with van der Waals surface area (Å²) in [6.45, 7) is 0.533. The molecule has 0 radical (unpaired) electrons. The number of halogens is 2. The molecular formula is C19H21Cl2N3O3. The third-order valence-electron chi connectivity index (χ3n) is 3.72. The van der Waals surface area contributed by atoms with Crippen molar-refractivity contribution in [2.45, 2.75) is 6.42 Å². The van der Waals surface area contributed by atoms with Crippen LogP contribution in [0.5, 0.6) is 5.75 Å². The highest BCUT2D eigenvalue weighted by Gasteiger charge is 2.12. The SMILES string of the molecule is COc1ccc(Cl)cc1NC(=O)CN(C)CCC(=O)Nc1ccccc1Cl. The molecule has 0 saturated heterocycles. The van der Waals surface area contributed by atoms with Crippen LogP contribution in [0.15, 0.2) is 42.5 Å². The number of rotatable bonds is 8. The molecule has 27 heavy (non-hydrogen) atoms. The quantitative estimate of drug-likeness (QED) is 0.693. The highest BCUT2D eigenvalue weighted by Crippen LogP contribution is 2.27. The Bertz CT molecular complexity index is 815. The molecule has 0 aromatic heterocycles. The average Bonchev–Trinajstić information content (AvgIpc) is 2.62. The van der Waals surface area contributed by atoms with Gasteiger partial charge in [0.2, 0.25) is 11.8 Å². The van der Waals surface area contributed by atoms with Crippen molar-refractivity contribution in [2.75, 3.05) is 37.9 Å². The zero-order chi connectivity index (χ0) is 19.8. The number of amides is 2. The van der Waals surface area contributed by atoms with Crippen LogP contribution >= 0.6 is 23.2 Å². The Morgan fingerprint density at radius 3 is 2.44 bits per heavy atom. The molecule has 0 aliphatic rings. The van der Waals surface area contributed by atoms with Gasteiger partial charge >= 0.3 is 0 Å². The number of hydrogen-bond acceptors (Lipinski definition) is 4. The zero-order valence-electron chi connectivity index (χ0n) is 15.1. The summed E-state index contributed by atoms with van der Waals surface area (Å²) in [5.41, 5.74) is 1.07. The fourth-order valence-electron chi connectivity index (χ4n) is 2.36. The third-order valence-corrected chi connectivity index (χ3v) is 4.28. The second-order valence-electron chi connectivity index (χ2n) is 5.91. The van der Waals surface area contributed by atoms with Gasteiger partial charge in [-0.1, -0.05) is 35.3 Å². The van der Waals surface area contributed by atoms with Crippen LogP contribution < -0.4 is 15.4 Å². The topological polar surface area (TPSA) is 70.7 Å². The number of nitrogens with zero attached hydrogens (tertiary/aromatic N) is 1. The minimum Gasteiger partial charge on any atom is -0.495 e. The molecule has 2 aromatic carbocycles. The molecule has 0 fully saturated rings. The summed E-state index contributed by atoms with van der Waals surface area (Å²) in [4.78, 5) is 26.0. The average molecular weight is 410 g/mol. The van der Waals surface area contributed by atoms with Crippen molar-refractivity contribution in [3.05, 3.63) is 52.5 Å². The highest BCUT2D eigenvalue weighted by atomic mass is 35.5. The number of methoxy groups -OCH3 is 1. The standard InChI is InChI=1S/C19H21Cl2N3O3/c1-24(10-9-18(25)22-15-6-4-3-5-14(15)21)12-19(26)23-16-11-13(20)7-8-17(16)27-2/h3-8,11H,9-10,12H2,1-2H3,(H,22,25)(H,23,26). The largest absolute Gasteiger partial charge is 0.495 e. The summed E-state index contributed by atoms with van der Waals surface area (Å²) in [7, 11) is 3.28. The lowest BCUT2D eigenvalue weighted by atomic mass is 10.3. The van der Waals surface area contributed by atoms with Crippen LogP contribution in [0.2, 0.25) is 10.0 Å². The zero-order valence-corrected chi connectivity index (χ0v) is 16.6. The van der Waals surface area contributed by atoms with Gasteiger partial charge in [0.25, 0.3) is 0 Å². The lowest BCUT2D eigenvalue weighted by Crippen LogP contribution is -2.32. The van der Waals surface area contributed by atoms with E-state index in [4.69, 9.17) is 27.9 Å². The molecule has 2 amide bonds. The van der Waals surface area contributed by atoms with Crippen LogP contribution in [0.3, 0.4) is 0 Å². The first-order valence-corrected chi connectivity index (χ1v) is 9.01. The number of nitrogens with one attached hydrogen (secondary N) is 2. The molecule has 0 aliphatic heterocycles. The molecule has 8 heteroatoms. The first-order chi connectivity index (χ1) is 12.9. The number of para-hydroxylation sites is 1. The van der Waals surface area contributed by atoms with Crippen molar-refractivity contribution in [3.8, 4) is 5.75 Å². The summed E-state index contributed by atoms with van der Waals surface area (Å²) >= 11 is 12.0. The molecule has 0 atom stereocenters. The van der Waals surface area contributed by atoms with Crippen molar-refractivity contribution in [2.24, 2.45) is 0 Å². The van der Waals surface area contributed by atoms with E-state index in [9.17, 15) is 9.59 Å². The fraction of sp³-hybridized carbons (Fsp3) is 0.263. The van der Waals surface area contributed by atoms with Crippen molar-refractivity contribution >= 4 is 46.4 Å². The number of benzene rings is 2. The van der Waals surface area contributed by atoms with Gasteiger partial charge in [0, 0.05) is 18.0 Å². The van der Waals surface area contributed by atoms with Gasteiger partial charge in [0.05, 0.1) is 30.1 Å².